The summed E-state index contributed by atoms with van der Waals surface area (Å²) in [5, 5.41) is 17.2. The topological polar surface area (TPSA) is 165 Å². The Morgan fingerprint density at radius 2 is 1.80 bits per heavy atom. The van der Waals surface area contributed by atoms with E-state index in [1.807, 2.05) is 36.4 Å². The molecule has 7 N–H and O–H groups in total. The summed E-state index contributed by atoms with van der Waals surface area (Å²) in [5.41, 5.74) is 14.2. The average Bonchev–Trinajstić information content (AvgIpc) is 3.40. The molecule has 1 aromatic carbocycles. The lowest BCUT2D eigenvalue weighted by molar-refractivity contribution is -0.154. The Kier molecular flexibility index (Phi) is 13.3. The zero-order valence-corrected chi connectivity index (χ0v) is 25.7. The molecule has 242 valence electrons. The van der Waals surface area contributed by atoms with Crippen molar-refractivity contribution in [2.24, 2.45) is 17.4 Å². The third-order valence-corrected chi connectivity index (χ3v) is 7.61. The zero-order chi connectivity index (χ0) is 32.8. The van der Waals surface area contributed by atoms with Crippen LogP contribution in [-0.4, -0.2) is 40.1 Å². The average molecular weight is 646 g/mol. The summed E-state index contributed by atoms with van der Waals surface area (Å²) in [5.74, 6) is -1.73. The van der Waals surface area contributed by atoms with Gasteiger partial charge in [-0.25, -0.2) is 0 Å². The molecule has 0 fully saturated rings. The van der Waals surface area contributed by atoms with Crippen molar-refractivity contribution in [2.75, 3.05) is 5.32 Å². The maximum absolute atomic E-state index is 12.5. The summed E-state index contributed by atoms with van der Waals surface area (Å²) < 4.78 is 37.3. The van der Waals surface area contributed by atoms with Crippen molar-refractivity contribution in [1.82, 2.24) is 20.8 Å². The first kappa shape index (κ1) is 35.0. The molecular weight excluding hydrogens is 607 g/mol. The molecule has 0 spiro atoms. The number of unbranched alkanes of at least 4 members (excludes halogenated alkanes) is 1. The Balaban J connectivity index is 1.35. The minimum absolute atomic E-state index is 0.00792. The van der Waals surface area contributed by atoms with Crippen LogP contribution < -0.4 is 27.4 Å². The predicted octanol–water partition coefficient (Wildman–Crippen LogP) is 4.54. The number of halogens is 3. The first-order valence-corrected chi connectivity index (χ1v) is 15.3. The molecule has 1 aliphatic carbocycles. The molecule has 2 aromatic rings. The predicted molar refractivity (Wildman–Crippen MR) is 167 cm³/mol. The number of hydrogen-bond donors (Lipinski definition) is 5. The molecule has 45 heavy (non-hydrogen) atoms. The molecule has 2 unspecified atom stereocenters. The van der Waals surface area contributed by atoms with Crippen LogP contribution in [0.4, 0.5) is 18.3 Å². The van der Waals surface area contributed by atoms with Crippen molar-refractivity contribution in [3.8, 4) is 0 Å². The van der Waals surface area contributed by atoms with Crippen LogP contribution in [0.5, 0.6) is 0 Å². The molecule has 0 aliphatic heterocycles. The lowest BCUT2D eigenvalue weighted by Gasteiger charge is -2.24. The Labute approximate surface area is 263 Å². The number of anilines is 1. The van der Waals surface area contributed by atoms with Crippen molar-refractivity contribution in [3.05, 3.63) is 88.4 Å². The highest BCUT2D eigenvalue weighted by Gasteiger charge is 2.32. The second-order valence-corrected chi connectivity index (χ2v) is 11.8. The number of carbonyl (C=O) groups is 3. The number of rotatable bonds is 15. The number of nitrogens with one attached hydrogen (secondary N) is 3. The van der Waals surface area contributed by atoms with E-state index in [-0.39, 0.29) is 36.4 Å². The van der Waals surface area contributed by atoms with E-state index in [2.05, 4.69) is 26.1 Å². The number of carbonyl (C=O) groups excluding carboxylic acids is 3. The van der Waals surface area contributed by atoms with Crippen LogP contribution in [-0.2, 0) is 27.2 Å². The van der Waals surface area contributed by atoms with Gasteiger partial charge in [0.05, 0.1) is 12.8 Å². The number of aromatic nitrogens is 2. The number of hydrogen-bond acceptors (Lipinski definition) is 8. The van der Waals surface area contributed by atoms with Crippen molar-refractivity contribution >= 4 is 34.2 Å². The van der Waals surface area contributed by atoms with Crippen LogP contribution in [0.3, 0.4) is 0 Å². The molecule has 1 aromatic heterocycles. The van der Waals surface area contributed by atoms with E-state index in [0.29, 0.717) is 35.7 Å². The highest BCUT2D eigenvalue weighted by molar-refractivity contribution is 7.15. The number of nitrogens with zero attached hydrogens (tertiary/aromatic N) is 2. The smallest absolute Gasteiger partial charge is 0.397 e. The maximum atomic E-state index is 12.5. The summed E-state index contributed by atoms with van der Waals surface area (Å²) in [7, 11) is 0. The second kappa shape index (κ2) is 17.1. The minimum atomic E-state index is -4.57. The fraction of sp³-hybridized carbons (Fsp3) is 0.387. The monoisotopic (exact) mass is 645 g/mol. The van der Waals surface area contributed by atoms with E-state index < -0.39 is 24.5 Å². The van der Waals surface area contributed by atoms with E-state index in [1.165, 1.54) is 17.4 Å². The van der Waals surface area contributed by atoms with Crippen molar-refractivity contribution in [1.29, 1.82) is 0 Å². The van der Waals surface area contributed by atoms with Crippen molar-refractivity contribution in [3.63, 3.8) is 0 Å². The molecule has 3 rings (SSSR count). The van der Waals surface area contributed by atoms with Gasteiger partial charge in [-0.2, -0.15) is 13.2 Å². The number of amides is 3. The molecule has 14 heteroatoms. The summed E-state index contributed by atoms with van der Waals surface area (Å²) in [6.45, 7) is 1.63. The molecule has 0 bridgehead atoms. The van der Waals surface area contributed by atoms with Gasteiger partial charge in [0.1, 0.15) is 17.2 Å². The Hall–Kier alpha value is -4.46. The van der Waals surface area contributed by atoms with Crippen LogP contribution in [0.1, 0.15) is 56.0 Å². The number of alkyl halides is 3. The highest BCUT2D eigenvalue weighted by atomic mass is 32.1. The molecule has 0 saturated heterocycles. The third-order valence-electron chi connectivity index (χ3n) is 6.71. The lowest BCUT2D eigenvalue weighted by atomic mass is 9.89. The molecular formula is C31H38F3N7O3S. The van der Waals surface area contributed by atoms with Gasteiger partial charge >= 0.3 is 6.18 Å². The van der Waals surface area contributed by atoms with E-state index >= 15 is 0 Å². The van der Waals surface area contributed by atoms with Gasteiger partial charge in [-0.1, -0.05) is 59.9 Å². The first-order chi connectivity index (χ1) is 21.4. The number of aryl methyl sites for hydroxylation is 1. The Morgan fingerprint density at radius 3 is 2.53 bits per heavy atom. The van der Waals surface area contributed by atoms with E-state index in [1.54, 1.807) is 25.2 Å². The highest BCUT2D eigenvalue weighted by Crippen LogP contribution is 2.24. The summed E-state index contributed by atoms with van der Waals surface area (Å²) >= 11 is 1.34. The lowest BCUT2D eigenvalue weighted by Crippen LogP contribution is -2.39. The van der Waals surface area contributed by atoms with Crippen molar-refractivity contribution in [2.45, 2.75) is 70.5 Å². The molecule has 0 saturated carbocycles. The number of nitrogens with two attached hydrogens (primary N) is 2. The number of allylic oxidation sites excluding steroid dienone is 5. The van der Waals surface area contributed by atoms with Crippen LogP contribution in [0.25, 0.3) is 0 Å². The van der Waals surface area contributed by atoms with E-state index in [4.69, 9.17) is 11.5 Å². The van der Waals surface area contributed by atoms with Crippen LogP contribution >= 0.6 is 11.3 Å². The van der Waals surface area contributed by atoms with Crippen LogP contribution in [0.15, 0.2) is 77.8 Å². The number of benzene rings is 1. The zero-order valence-electron chi connectivity index (χ0n) is 24.9. The standard InChI is InChI=1S/C31H38F3N7O3S/c1-20(37-28(44)19-31(32,33)34)23-11-7-10-22(16-23)18-26(42)38-25(36)15-14-24(35)12-5-6-13-29-40-41-30(45-29)39-27(43)17-21-8-3-2-4-9-21/h2-4,7-10,14-16,20,23H,5-6,11-13,17-19,35-36H2,1H3,(H,37,44)(H,38,42)(H,39,41,43)/b24-14-,25-15+. The van der Waals surface area contributed by atoms with Gasteiger partial charge < -0.3 is 27.4 Å². The van der Waals surface area contributed by atoms with Gasteiger partial charge in [-0.05, 0) is 55.9 Å². The molecule has 3 amide bonds. The van der Waals surface area contributed by atoms with E-state index in [0.717, 1.165) is 23.4 Å². The maximum Gasteiger partial charge on any atom is 0.397 e. The molecule has 10 nitrogen and oxygen atoms in total. The van der Waals surface area contributed by atoms with Crippen LogP contribution in [0, 0.1) is 5.92 Å². The fourth-order valence-electron chi connectivity index (χ4n) is 4.50. The molecule has 2 atom stereocenters. The molecule has 0 radical (unpaired) electrons. The Morgan fingerprint density at radius 1 is 1.04 bits per heavy atom. The first-order valence-electron chi connectivity index (χ1n) is 14.5. The SMILES string of the molecule is CC(NC(=O)CC(F)(F)F)C1C=C(CC(=O)N/C(N)=C/C=C(\N)CCCCc2nnc(NC(=O)Cc3ccccc3)s2)C=CC1. The summed E-state index contributed by atoms with van der Waals surface area (Å²) in [4.78, 5) is 36.3. The molecule has 1 aliphatic rings. The summed E-state index contributed by atoms with van der Waals surface area (Å²) in [6, 6.07) is 8.91. The van der Waals surface area contributed by atoms with Crippen LogP contribution in [0.2, 0.25) is 0 Å². The van der Waals surface area contributed by atoms with Gasteiger partial charge in [-0.15, -0.1) is 10.2 Å². The van der Waals surface area contributed by atoms with Gasteiger partial charge in [-0.3, -0.25) is 14.4 Å². The fourth-order valence-corrected chi connectivity index (χ4v) is 5.30. The summed E-state index contributed by atoms with van der Waals surface area (Å²) in [6.07, 6.45) is 6.09. The largest absolute Gasteiger partial charge is 0.402 e. The normalized spacial score (nSPS) is 16.1. The Bertz CT molecular complexity index is 1440. The second-order valence-electron chi connectivity index (χ2n) is 10.7. The quantitative estimate of drug-likeness (QED) is 0.140. The van der Waals surface area contributed by atoms with Crippen molar-refractivity contribution < 1.29 is 27.6 Å². The minimum Gasteiger partial charge on any atom is -0.402 e. The molecule has 1 heterocycles. The van der Waals surface area contributed by atoms with Gasteiger partial charge in [0.25, 0.3) is 0 Å². The van der Waals surface area contributed by atoms with E-state index in [9.17, 15) is 27.6 Å². The van der Waals surface area contributed by atoms with Gasteiger partial charge in [0, 0.05) is 24.1 Å². The van der Waals surface area contributed by atoms with Gasteiger partial charge in [0.15, 0.2) is 0 Å². The van der Waals surface area contributed by atoms with Gasteiger partial charge in [0.2, 0.25) is 22.9 Å². The third kappa shape index (κ3) is 13.8.